The van der Waals surface area contributed by atoms with Crippen molar-refractivity contribution in [1.82, 2.24) is 5.32 Å². The van der Waals surface area contributed by atoms with E-state index < -0.39 is 11.7 Å². The van der Waals surface area contributed by atoms with Crippen LogP contribution >= 0.6 is 11.6 Å². The van der Waals surface area contributed by atoms with Gasteiger partial charge in [-0.2, -0.15) is 0 Å². The standard InChI is InChI=1S/C8H7ClFNO.C2H6/c1-11-8(12)7-5(9)3-2-4-6(7)10;1-2/h2-4H,1H3,(H,11,12);1-2H3. The van der Waals surface area contributed by atoms with Gasteiger partial charge in [-0.3, -0.25) is 4.79 Å². The Hall–Kier alpha value is -1.09. The molecule has 1 N–H and O–H groups in total. The van der Waals surface area contributed by atoms with Crippen molar-refractivity contribution in [2.24, 2.45) is 0 Å². The third kappa shape index (κ3) is 3.00. The third-order valence-electron chi connectivity index (χ3n) is 1.42. The highest BCUT2D eigenvalue weighted by atomic mass is 35.5. The molecule has 0 atom stereocenters. The second kappa shape index (κ2) is 6.38. The second-order valence-corrected chi connectivity index (χ2v) is 2.58. The molecular weight excluding hydrogens is 205 g/mol. The van der Waals surface area contributed by atoms with Crippen LogP contribution < -0.4 is 5.32 Å². The number of carbonyl (C=O) groups is 1. The summed E-state index contributed by atoms with van der Waals surface area (Å²) >= 11 is 5.60. The smallest absolute Gasteiger partial charge is 0.255 e. The average molecular weight is 218 g/mol. The molecule has 0 aromatic heterocycles. The SMILES string of the molecule is CC.CNC(=O)c1c(F)cccc1Cl. The van der Waals surface area contributed by atoms with Crippen LogP contribution in [0.1, 0.15) is 24.2 Å². The number of hydrogen-bond acceptors (Lipinski definition) is 1. The minimum atomic E-state index is -0.609. The van der Waals surface area contributed by atoms with Gasteiger partial charge in [-0.05, 0) is 12.1 Å². The Balaban J connectivity index is 0.000000791. The largest absolute Gasteiger partial charge is 0.355 e. The summed E-state index contributed by atoms with van der Waals surface area (Å²) in [4.78, 5) is 11.0. The first-order valence-electron chi connectivity index (χ1n) is 4.33. The highest BCUT2D eigenvalue weighted by Gasteiger charge is 2.13. The van der Waals surface area contributed by atoms with Crippen LogP contribution in [0.25, 0.3) is 0 Å². The number of amides is 1. The zero-order chi connectivity index (χ0) is 11.1. The van der Waals surface area contributed by atoms with Gasteiger partial charge in [-0.1, -0.05) is 31.5 Å². The number of benzene rings is 1. The summed E-state index contributed by atoms with van der Waals surface area (Å²) in [5.74, 6) is -1.13. The Morgan fingerprint density at radius 3 is 2.43 bits per heavy atom. The molecule has 0 bridgehead atoms. The fourth-order valence-electron chi connectivity index (χ4n) is 0.840. The van der Waals surface area contributed by atoms with Gasteiger partial charge >= 0.3 is 0 Å². The van der Waals surface area contributed by atoms with E-state index in [2.05, 4.69) is 5.32 Å². The number of halogens is 2. The minimum absolute atomic E-state index is 0.110. The average Bonchev–Trinajstić information content (AvgIpc) is 2.20. The molecule has 0 aliphatic heterocycles. The summed E-state index contributed by atoms with van der Waals surface area (Å²) in [6, 6.07) is 4.11. The molecule has 0 spiro atoms. The van der Waals surface area contributed by atoms with Crippen LogP contribution in [0.5, 0.6) is 0 Å². The van der Waals surface area contributed by atoms with Gasteiger partial charge in [0.25, 0.3) is 5.91 Å². The maximum atomic E-state index is 12.9. The summed E-state index contributed by atoms with van der Waals surface area (Å²) in [6.07, 6.45) is 0. The lowest BCUT2D eigenvalue weighted by atomic mass is 10.2. The molecule has 0 aliphatic carbocycles. The fraction of sp³-hybridized carbons (Fsp3) is 0.300. The Morgan fingerprint density at radius 2 is 2.00 bits per heavy atom. The predicted molar refractivity (Wildman–Crippen MR) is 56.1 cm³/mol. The predicted octanol–water partition coefficient (Wildman–Crippen LogP) is 2.86. The van der Waals surface area contributed by atoms with Crippen LogP contribution in [-0.2, 0) is 0 Å². The first-order valence-corrected chi connectivity index (χ1v) is 4.70. The van der Waals surface area contributed by atoms with E-state index in [0.29, 0.717) is 0 Å². The Labute approximate surface area is 88.1 Å². The highest BCUT2D eigenvalue weighted by molar-refractivity contribution is 6.33. The number of carbonyl (C=O) groups excluding carboxylic acids is 1. The second-order valence-electron chi connectivity index (χ2n) is 2.18. The Bertz CT molecular complexity index is 295. The van der Waals surface area contributed by atoms with Crippen molar-refractivity contribution >= 4 is 17.5 Å². The molecule has 1 aromatic rings. The van der Waals surface area contributed by atoms with Crippen molar-refractivity contribution in [3.8, 4) is 0 Å². The summed E-state index contributed by atoms with van der Waals surface area (Å²) in [6.45, 7) is 4.00. The molecule has 0 saturated heterocycles. The lowest BCUT2D eigenvalue weighted by Gasteiger charge is -2.02. The van der Waals surface area contributed by atoms with E-state index in [1.807, 2.05) is 13.8 Å². The van der Waals surface area contributed by atoms with E-state index in [1.54, 1.807) is 0 Å². The zero-order valence-electron chi connectivity index (χ0n) is 8.40. The van der Waals surface area contributed by atoms with Gasteiger partial charge in [-0.15, -0.1) is 0 Å². The Kier molecular flexibility index (Phi) is 5.88. The van der Waals surface area contributed by atoms with E-state index in [1.165, 1.54) is 25.2 Å². The summed E-state index contributed by atoms with van der Waals surface area (Å²) < 4.78 is 12.9. The van der Waals surface area contributed by atoms with Crippen LogP contribution in [0, 0.1) is 5.82 Å². The van der Waals surface area contributed by atoms with Gasteiger partial charge in [0, 0.05) is 7.05 Å². The normalized spacial score (nSPS) is 8.64. The summed E-state index contributed by atoms with van der Waals surface area (Å²) in [5.41, 5.74) is -0.110. The van der Waals surface area contributed by atoms with E-state index in [9.17, 15) is 9.18 Å². The van der Waals surface area contributed by atoms with Crippen molar-refractivity contribution in [3.05, 3.63) is 34.6 Å². The lowest BCUT2D eigenvalue weighted by Crippen LogP contribution is -2.19. The van der Waals surface area contributed by atoms with Crippen molar-refractivity contribution in [2.45, 2.75) is 13.8 Å². The molecule has 2 nitrogen and oxygen atoms in total. The van der Waals surface area contributed by atoms with Crippen LogP contribution in [0.4, 0.5) is 4.39 Å². The molecule has 0 fully saturated rings. The minimum Gasteiger partial charge on any atom is -0.355 e. The number of nitrogens with one attached hydrogen (secondary N) is 1. The van der Waals surface area contributed by atoms with E-state index >= 15 is 0 Å². The van der Waals surface area contributed by atoms with E-state index in [4.69, 9.17) is 11.6 Å². The van der Waals surface area contributed by atoms with Crippen molar-refractivity contribution in [1.29, 1.82) is 0 Å². The van der Waals surface area contributed by atoms with Crippen molar-refractivity contribution in [3.63, 3.8) is 0 Å². The molecule has 78 valence electrons. The third-order valence-corrected chi connectivity index (χ3v) is 1.73. The van der Waals surface area contributed by atoms with Crippen LogP contribution in [-0.4, -0.2) is 13.0 Å². The molecule has 1 amide bonds. The zero-order valence-corrected chi connectivity index (χ0v) is 9.15. The molecule has 1 aromatic carbocycles. The van der Waals surface area contributed by atoms with Crippen molar-refractivity contribution in [2.75, 3.05) is 7.05 Å². The van der Waals surface area contributed by atoms with Gasteiger partial charge in [0.15, 0.2) is 0 Å². The highest BCUT2D eigenvalue weighted by Crippen LogP contribution is 2.18. The first kappa shape index (κ1) is 12.9. The fourth-order valence-corrected chi connectivity index (χ4v) is 1.09. The maximum absolute atomic E-state index is 12.9. The first-order chi connectivity index (χ1) is 6.66. The molecule has 4 heteroatoms. The molecule has 14 heavy (non-hydrogen) atoms. The monoisotopic (exact) mass is 217 g/mol. The van der Waals surface area contributed by atoms with Crippen LogP contribution in [0.15, 0.2) is 18.2 Å². The topological polar surface area (TPSA) is 29.1 Å². The Morgan fingerprint density at radius 1 is 1.43 bits per heavy atom. The van der Waals surface area contributed by atoms with Gasteiger partial charge in [0.2, 0.25) is 0 Å². The number of hydrogen-bond donors (Lipinski definition) is 1. The van der Waals surface area contributed by atoms with Gasteiger partial charge in [0.05, 0.1) is 10.6 Å². The quantitative estimate of drug-likeness (QED) is 0.770. The molecule has 1 rings (SSSR count). The molecule has 0 unspecified atom stereocenters. The molecule has 0 radical (unpaired) electrons. The van der Waals surface area contributed by atoms with Gasteiger partial charge in [0.1, 0.15) is 5.82 Å². The van der Waals surface area contributed by atoms with E-state index in [-0.39, 0.29) is 10.6 Å². The molecular formula is C10H13ClFNO. The van der Waals surface area contributed by atoms with Gasteiger partial charge < -0.3 is 5.32 Å². The van der Waals surface area contributed by atoms with Crippen LogP contribution in [0.2, 0.25) is 5.02 Å². The van der Waals surface area contributed by atoms with Crippen molar-refractivity contribution < 1.29 is 9.18 Å². The molecule has 0 saturated carbocycles. The van der Waals surface area contributed by atoms with Gasteiger partial charge in [-0.25, -0.2) is 4.39 Å². The molecule has 0 aliphatic rings. The molecule has 0 heterocycles. The number of rotatable bonds is 1. The maximum Gasteiger partial charge on any atom is 0.255 e. The lowest BCUT2D eigenvalue weighted by molar-refractivity contribution is 0.0959. The van der Waals surface area contributed by atoms with Crippen LogP contribution in [0.3, 0.4) is 0 Å². The van der Waals surface area contributed by atoms with E-state index in [0.717, 1.165) is 0 Å². The summed E-state index contributed by atoms with van der Waals surface area (Å²) in [5, 5.41) is 2.42. The summed E-state index contributed by atoms with van der Waals surface area (Å²) in [7, 11) is 1.42.